The van der Waals surface area contributed by atoms with Crippen molar-refractivity contribution in [2.75, 3.05) is 38.0 Å². The van der Waals surface area contributed by atoms with E-state index in [0.29, 0.717) is 39.1 Å². The number of nitrogens with one attached hydrogen (secondary N) is 1. The lowest BCUT2D eigenvalue weighted by atomic mass is 10.1. The number of benzene rings is 2. The minimum atomic E-state index is -0.0138. The number of aryl methyl sites for hydroxylation is 4. The Bertz CT molecular complexity index is 1160. The van der Waals surface area contributed by atoms with Crippen molar-refractivity contribution in [3.63, 3.8) is 0 Å². The molecule has 6 nitrogen and oxygen atoms in total. The maximum absolute atomic E-state index is 13.1. The van der Waals surface area contributed by atoms with E-state index < -0.39 is 0 Å². The van der Waals surface area contributed by atoms with Crippen LogP contribution < -0.4 is 5.32 Å². The number of hydrogen-bond donors (Lipinski definition) is 1. The Kier molecular flexibility index (Phi) is 7.44. The molecule has 2 heterocycles. The fraction of sp³-hybridized carbons (Fsp3) is 0.370. The Hall–Kier alpha value is -3.03. The van der Waals surface area contributed by atoms with Crippen LogP contribution in [0.15, 0.2) is 42.5 Å². The SMILES string of the molecule is Cc1ccc(-c2nc(C)sc2CC(=O)N2CCN(CC(=O)Nc3c(C)cccc3C)CC2)cc1. The molecule has 1 aromatic heterocycles. The van der Waals surface area contributed by atoms with Crippen molar-refractivity contribution in [3.8, 4) is 11.3 Å². The second-order valence-electron chi connectivity index (χ2n) is 9.02. The number of carbonyl (C=O) groups is 2. The van der Waals surface area contributed by atoms with E-state index in [4.69, 9.17) is 4.98 Å². The zero-order valence-corrected chi connectivity index (χ0v) is 21.2. The summed E-state index contributed by atoms with van der Waals surface area (Å²) in [5, 5.41) is 4.02. The maximum Gasteiger partial charge on any atom is 0.238 e. The largest absolute Gasteiger partial charge is 0.340 e. The first kappa shape index (κ1) is 24.1. The fourth-order valence-corrected chi connectivity index (χ4v) is 5.27. The molecule has 1 fully saturated rings. The maximum atomic E-state index is 13.1. The summed E-state index contributed by atoms with van der Waals surface area (Å²) in [6.07, 6.45) is 0.363. The molecule has 1 saturated heterocycles. The molecule has 2 amide bonds. The highest BCUT2D eigenvalue weighted by atomic mass is 32.1. The summed E-state index contributed by atoms with van der Waals surface area (Å²) in [6, 6.07) is 14.3. The minimum Gasteiger partial charge on any atom is -0.340 e. The van der Waals surface area contributed by atoms with E-state index >= 15 is 0 Å². The number of aromatic nitrogens is 1. The molecule has 4 rings (SSSR count). The molecule has 0 bridgehead atoms. The number of para-hydroxylation sites is 1. The Labute approximate surface area is 205 Å². The minimum absolute atomic E-state index is 0.0138. The highest BCUT2D eigenvalue weighted by Crippen LogP contribution is 2.29. The number of thiazole rings is 1. The summed E-state index contributed by atoms with van der Waals surface area (Å²) in [7, 11) is 0. The van der Waals surface area contributed by atoms with Gasteiger partial charge in [0, 0.05) is 42.3 Å². The normalized spacial score (nSPS) is 14.3. The summed E-state index contributed by atoms with van der Waals surface area (Å²) in [4.78, 5) is 35.4. The molecule has 7 heteroatoms. The van der Waals surface area contributed by atoms with Crippen LogP contribution in [0.2, 0.25) is 0 Å². The summed E-state index contributed by atoms with van der Waals surface area (Å²) in [6.45, 7) is 11.0. The van der Waals surface area contributed by atoms with Gasteiger partial charge in [0.1, 0.15) is 0 Å². The number of piperazine rings is 1. The number of amides is 2. The van der Waals surface area contributed by atoms with Crippen LogP contribution in [0.4, 0.5) is 5.69 Å². The number of nitrogens with zero attached hydrogens (tertiary/aromatic N) is 3. The van der Waals surface area contributed by atoms with Gasteiger partial charge in [0.25, 0.3) is 0 Å². The van der Waals surface area contributed by atoms with Crippen LogP contribution >= 0.6 is 11.3 Å². The second kappa shape index (κ2) is 10.5. The molecule has 1 N–H and O–H groups in total. The molecule has 0 unspecified atom stereocenters. The second-order valence-corrected chi connectivity index (χ2v) is 10.3. The summed E-state index contributed by atoms with van der Waals surface area (Å²) >= 11 is 1.60. The highest BCUT2D eigenvalue weighted by Gasteiger charge is 2.24. The zero-order chi connectivity index (χ0) is 24.2. The fourth-order valence-electron chi connectivity index (χ4n) is 4.32. The van der Waals surface area contributed by atoms with Crippen LogP contribution in [0.1, 0.15) is 26.6 Å². The van der Waals surface area contributed by atoms with E-state index in [1.807, 2.05) is 43.9 Å². The number of anilines is 1. The van der Waals surface area contributed by atoms with E-state index in [1.165, 1.54) is 5.56 Å². The Morgan fingerprint density at radius 1 is 0.941 bits per heavy atom. The van der Waals surface area contributed by atoms with Gasteiger partial charge in [-0.3, -0.25) is 14.5 Å². The first-order valence-corrected chi connectivity index (χ1v) is 12.5. The predicted molar refractivity (Wildman–Crippen MR) is 138 cm³/mol. The van der Waals surface area contributed by atoms with Crippen LogP contribution in [-0.4, -0.2) is 59.3 Å². The van der Waals surface area contributed by atoms with Gasteiger partial charge in [-0.05, 0) is 38.8 Å². The lowest BCUT2D eigenvalue weighted by Gasteiger charge is -2.34. The smallest absolute Gasteiger partial charge is 0.238 e. The first-order valence-electron chi connectivity index (χ1n) is 11.7. The van der Waals surface area contributed by atoms with Crippen molar-refractivity contribution in [1.29, 1.82) is 0 Å². The third-order valence-electron chi connectivity index (χ3n) is 6.28. The van der Waals surface area contributed by atoms with E-state index in [1.54, 1.807) is 11.3 Å². The van der Waals surface area contributed by atoms with Gasteiger partial charge in [-0.25, -0.2) is 4.98 Å². The molecule has 34 heavy (non-hydrogen) atoms. The molecule has 1 aliphatic rings. The van der Waals surface area contributed by atoms with Crippen LogP contribution in [0, 0.1) is 27.7 Å². The Morgan fingerprint density at radius 3 is 2.24 bits per heavy atom. The van der Waals surface area contributed by atoms with Crippen molar-refractivity contribution in [2.24, 2.45) is 0 Å². The molecular weight excluding hydrogens is 444 g/mol. The van der Waals surface area contributed by atoms with Gasteiger partial charge in [0.15, 0.2) is 0 Å². The predicted octanol–water partition coefficient (Wildman–Crippen LogP) is 4.37. The van der Waals surface area contributed by atoms with Crippen molar-refractivity contribution >= 4 is 28.8 Å². The van der Waals surface area contributed by atoms with E-state index in [9.17, 15) is 9.59 Å². The molecule has 3 aromatic rings. The topological polar surface area (TPSA) is 65.5 Å². The molecule has 2 aromatic carbocycles. The molecular formula is C27H32N4O2S. The van der Waals surface area contributed by atoms with Crippen molar-refractivity contribution in [1.82, 2.24) is 14.8 Å². The van der Waals surface area contributed by atoms with Gasteiger partial charge in [-0.15, -0.1) is 11.3 Å². The standard InChI is InChI=1S/C27H32N4O2S/c1-18-8-10-22(11-9-18)27-23(34-21(4)28-27)16-25(33)31-14-12-30(13-15-31)17-24(32)29-26-19(2)6-5-7-20(26)3/h5-11H,12-17H2,1-4H3,(H,29,32). The Morgan fingerprint density at radius 2 is 1.59 bits per heavy atom. The average molecular weight is 477 g/mol. The first-order chi connectivity index (χ1) is 16.3. The van der Waals surface area contributed by atoms with E-state index in [2.05, 4.69) is 41.4 Å². The van der Waals surface area contributed by atoms with Crippen molar-refractivity contribution < 1.29 is 9.59 Å². The number of rotatable bonds is 6. The van der Waals surface area contributed by atoms with Crippen LogP contribution in [0.5, 0.6) is 0 Å². The summed E-state index contributed by atoms with van der Waals surface area (Å²) in [5.74, 6) is 0.108. The molecule has 0 atom stereocenters. The highest BCUT2D eigenvalue weighted by molar-refractivity contribution is 7.12. The summed E-state index contributed by atoms with van der Waals surface area (Å²) in [5.41, 5.74) is 6.19. The van der Waals surface area contributed by atoms with Crippen LogP contribution in [0.25, 0.3) is 11.3 Å². The van der Waals surface area contributed by atoms with Crippen molar-refractivity contribution in [3.05, 3.63) is 69.0 Å². The van der Waals surface area contributed by atoms with E-state index in [0.717, 1.165) is 38.0 Å². The lowest BCUT2D eigenvalue weighted by molar-refractivity contribution is -0.132. The molecule has 0 saturated carbocycles. The van der Waals surface area contributed by atoms with Gasteiger partial charge in [0.05, 0.1) is 23.7 Å². The molecule has 1 aliphatic heterocycles. The molecule has 178 valence electrons. The molecule has 0 aliphatic carbocycles. The van der Waals surface area contributed by atoms with E-state index in [-0.39, 0.29) is 11.8 Å². The number of hydrogen-bond acceptors (Lipinski definition) is 5. The lowest BCUT2D eigenvalue weighted by Crippen LogP contribution is -2.50. The van der Waals surface area contributed by atoms with Crippen molar-refractivity contribution in [2.45, 2.75) is 34.1 Å². The van der Waals surface area contributed by atoms with Gasteiger partial charge in [-0.2, -0.15) is 0 Å². The third kappa shape index (κ3) is 5.72. The van der Waals surface area contributed by atoms with Gasteiger partial charge < -0.3 is 10.2 Å². The number of carbonyl (C=O) groups excluding carboxylic acids is 2. The average Bonchev–Trinajstić information content (AvgIpc) is 3.17. The quantitative estimate of drug-likeness (QED) is 0.574. The Balaban J connectivity index is 1.31. The van der Waals surface area contributed by atoms with Gasteiger partial charge in [-0.1, -0.05) is 48.0 Å². The van der Waals surface area contributed by atoms with Crippen LogP contribution in [-0.2, 0) is 16.0 Å². The van der Waals surface area contributed by atoms with Crippen LogP contribution in [0.3, 0.4) is 0 Å². The van der Waals surface area contributed by atoms with Gasteiger partial charge in [0.2, 0.25) is 11.8 Å². The molecule has 0 spiro atoms. The monoisotopic (exact) mass is 476 g/mol. The van der Waals surface area contributed by atoms with Gasteiger partial charge >= 0.3 is 0 Å². The zero-order valence-electron chi connectivity index (χ0n) is 20.4. The molecule has 0 radical (unpaired) electrons. The summed E-state index contributed by atoms with van der Waals surface area (Å²) < 4.78 is 0. The third-order valence-corrected chi connectivity index (χ3v) is 7.25.